The van der Waals surface area contributed by atoms with Crippen molar-refractivity contribution in [1.29, 1.82) is 5.41 Å². The van der Waals surface area contributed by atoms with Crippen molar-refractivity contribution in [3.63, 3.8) is 0 Å². The molecular weight excluding hydrogens is 263 g/mol. The molecule has 0 bridgehead atoms. The highest BCUT2D eigenvalue weighted by Gasteiger charge is 2.16. The summed E-state index contributed by atoms with van der Waals surface area (Å²) in [6.45, 7) is 4.56. The number of hydrogen-bond acceptors (Lipinski definition) is 3. The number of halogens is 2. The fraction of sp³-hybridized carbons (Fsp3) is 0.364. The molecule has 1 aromatic rings. The molecule has 4 nitrogen and oxygen atoms in total. The van der Waals surface area contributed by atoms with Gasteiger partial charge in [0.25, 0.3) is 0 Å². The Labute approximate surface area is 110 Å². The number of nitrogens with zero attached hydrogens (tertiary/aromatic N) is 1. The van der Waals surface area contributed by atoms with Crippen LogP contribution in [0, 0.1) is 5.41 Å². The van der Waals surface area contributed by atoms with Gasteiger partial charge in [0.2, 0.25) is 0 Å². The van der Waals surface area contributed by atoms with Crippen LogP contribution in [0.4, 0.5) is 5.69 Å². The molecule has 0 saturated heterocycles. The third-order valence-electron chi connectivity index (χ3n) is 1.90. The van der Waals surface area contributed by atoms with Crippen molar-refractivity contribution in [3.05, 3.63) is 22.2 Å². The van der Waals surface area contributed by atoms with Gasteiger partial charge in [-0.3, -0.25) is 10.2 Å². The van der Waals surface area contributed by atoms with Crippen molar-refractivity contribution in [2.75, 3.05) is 18.3 Å². The van der Waals surface area contributed by atoms with Crippen molar-refractivity contribution in [2.24, 2.45) is 0 Å². The largest absolute Gasteiger partial charge is 0.490 e. The maximum Gasteiger partial charge on any atom is 0.164 e. The first-order valence-electron chi connectivity index (χ1n) is 5.18. The van der Waals surface area contributed by atoms with E-state index in [1.165, 1.54) is 5.06 Å². The van der Waals surface area contributed by atoms with Crippen LogP contribution in [0.15, 0.2) is 12.1 Å². The highest BCUT2D eigenvalue weighted by Crippen LogP contribution is 2.38. The van der Waals surface area contributed by atoms with Crippen molar-refractivity contribution in [3.8, 4) is 5.75 Å². The second kappa shape index (κ2) is 6.69. The van der Waals surface area contributed by atoms with Gasteiger partial charge in [-0.2, -0.15) is 0 Å². The lowest BCUT2D eigenvalue weighted by Crippen LogP contribution is -2.22. The summed E-state index contributed by atoms with van der Waals surface area (Å²) >= 11 is 12.0. The molecule has 0 fully saturated rings. The van der Waals surface area contributed by atoms with E-state index in [9.17, 15) is 0 Å². The maximum absolute atomic E-state index is 7.30. The predicted octanol–water partition coefficient (Wildman–Crippen LogP) is 3.76. The van der Waals surface area contributed by atoms with Crippen LogP contribution in [0.25, 0.3) is 0 Å². The Hall–Kier alpha value is -0.970. The van der Waals surface area contributed by atoms with Crippen molar-refractivity contribution in [2.45, 2.75) is 13.8 Å². The molecule has 6 heteroatoms. The summed E-state index contributed by atoms with van der Waals surface area (Å²) in [6, 6.07) is 3.23. The van der Waals surface area contributed by atoms with Crippen molar-refractivity contribution < 1.29 is 9.57 Å². The van der Waals surface area contributed by atoms with E-state index in [4.69, 9.17) is 38.2 Å². The van der Waals surface area contributed by atoms with Gasteiger partial charge in [-0.25, -0.2) is 5.06 Å². The van der Waals surface area contributed by atoms with Crippen LogP contribution in [0.2, 0.25) is 10.0 Å². The van der Waals surface area contributed by atoms with Gasteiger partial charge in [0.1, 0.15) is 12.0 Å². The summed E-state index contributed by atoms with van der Waals surface area (Å²) < 4.78 is 5.44. The molecule has 0 radical (unpaired) electrons. The second-order valence-electron chi connectivity index (χ2n) is 3.04. The van der Waals surface area contributed by atoms with Gasteiger partial charge < -0.3 is 4.74 Å². The summed E-state index contributed by atoms with van der Waals surface area (Å²) in [7, 11) is 0. The van der Waals surface area contributed by atoms with Gasteiger partial charge in [0.05, 0.1) is 18.2 Å². The molecule has 0 aliphatic carbocycles. The molecule has 0 aliphatic heterocycles. The standard InChI is InChI=1S/C11H14Cl2N2O2/c1-3-16-11-9(13)5-8(12)6-10(11)15(7-14)17-4-2/h5-7,14H,3-4H2,1-2H3. The summed E-state index contributed by atoms with van der Waals surface area (Å²) in [5.74, 6) is 0.454. The van der Waals surface area contributed by atoms with Crippen LogP contribution in [-0.4, -0.2) is 19.6 Å². The monoisotopic (exact) mass is 276 g/mol. The van der Waals surface area contributed by atoms with E-state index in [0.29, 0.717) is 34.7 Å². The van der Waals surface area contributed by atoms with Crippen LogP contribution in [0.1, 0.15) is 13.8 Å². The highest BCUT2D eigenvalue weighted by molar-refractivity contribution is 6.36. The van der Waals surface area contributed by atoms with Gasteiger partial charge in [0, 0.05) is 5.02 Å². The Bertz CT molecular complexity index is 399. The SMILES string of the molecule is CCOc1c(Cl)cc(Cl)cc1N(C=N)OCC. The van der Waals surface area contributed by atoms with Crippen LogP contribution in [0.3, 0.4) is 0 Å². The van der Waals surface area contributed by atoms with E-state index in [1.807, 2.05) is 13.8 Å². The lowest BCUT2D eigenvalue weighted by Gasteiger charge is -2.21. The van der Waals surface area contributed by atoms with Gasteiger partial charge >= 0.3 is 0 Å². The van der Waals surface area contributed by atoms with Crippen LogP contribution in [0.5, 0.6) is 5.75 Å². The molecule has 1 N–H and O–H groups in total. The lowest BCUT2D eigenvalue weighted by atomic mass is 10.3. The van der Waals surface area contributed by atoms with E-state index in [2.05, 4.69) is 0 Å². The third-order valence-corrected chi connectivity index (χ3v) is 2.40. The van der Waals surface area contributed by atoms with Crippen molar-refractivity contribution in [1.82, 2.24) is 0 Å². The number of rotatable bonds is 6. The minimum absolute atomic E-state index is 0.390. The number of ether oxygens (including phenoxy) is 1. The van der Waals surface area contributed by atoms with Gasteiger partial charge in [-0.1, -0.05) is 23.2 Å². The number of benzene rings is 1. The Kier molecular flexibility index (Phi) is 5.55. The quantitative estimate of drug-likeness (QED) is 0.489. The van der Waals surface area contributed by atoms with Crippen LogP contribution < -0.4 is 9.80 Å². The molecule has 0 aliphatic rings. The molecule has 0 amide bonds. The first kappa shape index (κ1) is 14.1. The Morgan fingerprint density at radius 1 is 1.29 bits per heavy atom. The molecule has 0 spiro atoms. The van der Waals surface area contributed by atoms with Crippen LogP contribution in [-0.2, 0) is 4.84 Å². The highest BCUT2D eigenvalue weighted by atomic mass is 35.5. The summed E-state index contributed by atoms with van der Waals surface area (Å²) in [5, 5.41) is 9.42. The maximum atomic E-state index is 7.30. The van der Waals surface area contributed by atoms with Gasteiger partial charge in [0.15, 0.2) is 5.75 Å². The summed E-state index contributed by atoms with van der Waals surface area (Å²) in [6.07, 6.45) is 1.04. The first-order chi connectivity index (χ1) is 8.13. The molecule has 0 aromatic heterocycles. The molecule has 0 heterocycles. The topological polar surface area (TPSA) is 45.5 Å². The normalized spacial score (nSPS) is 10.1. The molecule has 1 aromatic carbocycles. The average molecular weight is 277 g/mol. The molecule has 0 unspecified atom stereocenters. The fourth-order valence-electron chi connectivity index (χ4n) is 1.31. The average Bonchev–Trinajstić information content (AvgIpc) is 2.29. The first-order valence-corrected chi connectivity index (χ1v) is 5.94. The Morgan fingerprint density at radius 2 is 2.00 bits per heavy atom. The zero-order chi connectivity index (χ0) is 12.8. The van der Waals surface area contributed by atoms with E-state index in [-0.39, 0.29) is 0 Å². The molecule has 94 valence electrons. The van der Waals surface area contributed by atoms with Crippen LogP contribution >= 0.6 is 23.2 Å². The van der Waals surface area contributed by atoms with E-state index < -0.39 is 0 Å². The number of hydroxylamine groups is 1. The molecule has 1 rings (SSSR count). The predicted molar refractivity (Wildman–Crippen MR) is 70.5 cm³/mol. The fourth-order valence-corrected chi connectivity index (χ4v) is 1.85. The summed E-state index contributed by atoms with van der Waals surface area (Å²) in [5.41, 5.74) is 0.515. The minimum atomic E-state index is 0.390. The van der Waals surface area contributed by atoms with E-state index >= 15 is 0 Å². The number of hydrogen-bond donors (Lipinski definition) is 1. The van der Waals surface area contributed by atoms with E-state index in [0.717, 1.165) is 6.34 Å². The van der Waals surface area contributed by atoms with Crippen molar-refractivity contribution >= 4 is 35.2 Å². The third kappa shape index (κ3) is 3.49. The molecular formula is C11H14Cl2N2O2. The number of nitrogens with one attached hydrogen (secondary N) is 1. The van der Waals surface area contributed by atoms with Gasteiger partial charge in [-0.05, 0) is 26.0 Å². The second-order valence-corrected chi connectivity index (χ2v) is 3.89. The summed E-state index contributed by atoms with van der Waals surface area (Å²) in [4.78, 5) is 5.27. The molecule has 0 atom stereocenters. The lowest BCUT2D eigenvalue weighted by molar-refractivity contribution is 0.157. The zero-order valence-corrected chi connectivity index (χ0v) is 11.2. The molecule has 0 saturated carbocycles. The Balaban J connectivity index is 3.22. The smallest absolute Gasteiger partial charge is 0.164 e. The molecule has 17 heavy (non-hydrogen) atoms. The Morgan fingerprint density at radius 3 is 2.53 bits per heavy atom. The van der Waals surface area contributed by atoms with E-state index in [1.54, 1.807) is 12.1 Å². The van der Waals surface area contributed by atoms with Gasteiger partial charge in [-0.15, -0.1) is 0 Å². The minimum Gasteiger partial charge on any atom is -0.490 e. The number of anilines is 1. The zero-order valence-electron chi connectivity index (χ0n) is 9.67.